The Bertz CT molecular complexity index is 644. The van der Waals surface area contributed by atoms with E-state index in [2.05, 4.69) is 43.5 Å². The molecule has 0 aliphatic heterocycles. The van der Waals surface area contributed by atoms with Crippen molar-refractivity contribution >= 4 is 17.8 Å². The van der Waals surface area contributed by atoms with Gasteiger partial charge in [0, 0.05) is 12.8 Å². The number of hydrogen-bond donors (Lipinski definition) is 2. The molecule has 0 heterocycles. The van der Waals surface area contributed by atoms with Crippen LogP contribution in [0.5, 0.6) is 0 Å². The second kappa shape index (κ2) is 27.9. The van der Waals surface area contributed by atoms with Gasteiger partial charge >= 0.3 is 11.9 Å². The van der Waals surface area contributed by atoms with Crippen LogP contribution in [0.15, 0.2) is 24.3 Å². The Morgan fingerprint density at radius 2 is 1.24 bits per heavy atom. The number of hydrogen-bond acceptors (Lipinski definition) is 4. The number of ether oxygens (including phenoxy) is 1. The fraction of sp³-hybridized carbons (Fsp3) is 0.781. The number of carbonyl (C=O) groups excluding carboxylic acids is 2. The average Bonchev–Trinajstić information content (AvgIpc) is 2.89. The zero-order valence-electron chi connectivity index (χ0n) is 24.5. The Labute approximate surface area is 233 Å². The number of amides is 1. The quantitative estimate of drug-likeness (QED) is 0.0625. The Kier molecular flexibility index (Phi) is 26.4. The minimum absolute atomic E-state index is 0.0338. The minimum Gasteiger partial charge on any atom is -0.480 e. The number of esters is 1. The molecule has 6 heteroatoms. The number of unbranched alkanes of at least 4 members (excludes halogenated alkanes) is 12. The van der Waals surface area contributed by atoms with E-state index in [1.54, 1.807) is 0 Å². The van der Waals surface area contributed by atoms with Gasteiger partial charge in [0.1, 0.15) is 12.6 Å². The molecule has 0 radical (unpaired) electrons. The maximum atomic E-state index is 12.4. The fourth-order valence-corrected chi connectivity index (χ4v) is 4.29. The van der Waals surface area contributed by atoms with Crippen LogP contribution >= 0.6 is 0 Å². The van der Waals surface area contributed by atoms with E-state index in [0.717, 1.165) is 57.8 Å². The van der Waals surface area contributed by atoms with E-state index in [0.29, 0.717) is 19.3 Å². The summed E-state index contributed by atoms with van der Waals surface area (Å²) in [5, 5.41) is 11.0. The van der Waals surface area contributed by atoms with E-state index in [1.807, 2.05) is 0 Å². The molecule has 220 valence electrons. The van der Waals surface area contributed by atoms with Crippen LogP contribution in [-0.4, -0.2) is 35.6 Å². The van der Waals surface area contributed by atoms with Crippen LogP contribution in [-0.2, 0) is 19.1 Å². The standard InChI is InChI=1S/C32H57NO5/c1-3-5-7-9-10-11-12-13-14-15-16-17-18-23-27-32(37)38-29(24-20-8-6-4-2)25-21-19-22-26-30(34)33-28-31(35)36/h9-10,12-13,29H,3-8,11,14-28H2,1-2H3,(H,33,34)(H,35,36)/b10-9-,13-12-. The summed E-state index contributed by atoms with van der Waals surface area (Å²) in [6.45, 7) is 4.08. The average molecular weight is 536 g/mol. The van der Waals surface area contributed by atoms with Gasteiger partial charge in [-0.25, -0.2) is 0 Å². The molecule has 0 aliphatic carbocycles. The van der Waals surface area contributed by atoms with Gasteiger partial charge in [-0.15, -0.1) is 0 Å². The van der Waals surface area contributed by atoms with Gasteiger partial charge in [-0.1, -0.05) is 95.9 Å². The molecular formula is C32H57NO5. The van der Waals surface area contributed by atoms with Crippen molar-refractivity contribution in [3.05, 3.63) is 24.3 Å². The van der Waals surface area contributed by atoms with Gasteiger partial charge in [0.05, 0.1) is 0 Å². The predicted molar refractivity (Wildman–Crippen MR) is 157 cm³/mol. The second-order valence-electron chi connectivity index (χ2n) is 10.4. The van der Waals surface area contributed by atoms with Crippen molar-refractivity contribution in [3.63, 3.8) is 0 Å². The molecule has 0 aromatic rings. The summed E-state index contributed by atoms with van der Waals surface area (Å²) in [6.07, 6.45) is 30.2. The number of rotatable bonds is 27. The lowest BCUT2D eigenvalue weighted by Crippen LogP contribution is -2.28. The third-order valence-corrected chi connectivity index (χ3v) is 6.63. The maximum Gasteiger partial charge on any atom is 0.322 e. The first-order chi connectivity index (χ1) is 18.5. The largest absolute Gasteiger partial charge is 0.480 e. The van der Waals surface area contributed by atoms with E-state index < -0.39 is 5.97 Å². The van der Waals surface area contributed by atoms with E-state index in [9.17, 15) is 14.4 Å². The molecule has 0 aliphatic rings. The first kappa shape index (κ1) is 35.9. The Morgan fingerprint density at radius 3 is 1.89 bits per heavy atom. The summed E-state index contributed by atoms with van der Waals surface area (Å²) >= 11 is 0. The van der Waals surface area contributed by atoms with Crippen LogP contribution in [0, 0.1) is 0 Å². The molecule has 0 fully saturated rings. The molecule has 0 bridgehead atoms. The first-order valence-corrected chi connectivity index (χ1v) is 15.5. The van der Waals surface area contributed by atoms with Crippen LogP contribution in [0.3, 0.4) is 0 Å². The van der Waals surface area contributed by atoms with Crippen LogP contribution in [0.1, 0.15) is 149 Å². The summed E-state index contributed by atoms with van der Waals surface area (Å²) < 4.78 is 5.84. The Hall–Kier alpha value is -2.11. The summed E-state index contributed by atoms with van der Waals surface area (Å²) in [5.41, 5.74) is 0. The topological polar surface area (TPSA) is 92.7 Å². The molecule has 6 nitrogen and oxygen atoms in total. The number of carboxylic acid groups (broad SMARTS) is 1. The van der Waals surface area contributed by atoms with E-state index in [4.69, 9.17) is 9.84 Å². The normalized spacial score (nSPS) is 12.3. The van der Waals surface area contributed by atoms with Crippen molar-refractivity contribution in [1.82, 2.24) is 5.32 Å². The third kappa shape index (κ3) is 26.9. The van der Waals surface area contributed by atoms with Gasteiger partial charge in [0.15, 0.2) is 0 Å². The van der Waals surface area contributed by atoms with Crippen LogP contribution in [0.2, 0.25) is 0 Å². The number of nitrogens with one attached hydrogen (secondary N) is 1. The van der Waals surface area contributed by atoms with Crippen LogP contribution in [0.4, 0.5) is 0 Å². The maximum absolute atomic E-state index is 12.4. The molecule has 0 aromatic heterocycles. The summed E-state index contributed by atoms with van der Waals surface area (Å²) in [7, 11) is 0. The smallest absolute Gasteiger partial charge is 0.322 e. The van der Waals surface area contributed by atoms with E-state index >= 15 is 0 Å². The van der Waals surface area contributed by atoms with Gasteiger partial charge in [-0.3, -0.25) is 14.4 Å². The highest BCUT2D eigenvalue weighted by atomic mass is 16.5. The zero-order valence-corrected chi connectivity index (χ0v) is 24.5. The highest BCUT2D eigenvalue weighted by Crippen LogP contribution is 2.17. The molecule has 38 heavy (non-hydrogen) atoms. The monoisotopic (exact) mass is 535 g/mol. The highest BCUT2D eigenvalue weighted by Gasteiger charge is 2.14. The van der Waals surface area contributed by atoms with Gasteiger partial charge in [0.25, 0.3) is 0 Å². The summed E-state index contributed by atoms with van der Waals surface area (Å²) in [5.74, 6) is -1.33. The van der Waals surface area contributed by atoms with Gasteiger partial charge in [-0.05, 0) is 64.2 Å². The number of carbonyl (C=O) groups is 3. The number of allylic oxidation sites excluding steroid dienone is 4. The molecule has 1 unspecified atom stereocenters. The van der Waals surface area contributed by atoms with Crippen molar-refractivity contribution in [2.75, 3.05) is 6.54 Å². The number of carboxylic acids is 1. The highest BCUT2D eigenvalue weighted by molar-refractivity contribution is 5.80. The van der Waals surface area contributed by atoms with Crippen molar-refractivity contribution in [1.29, 1.82) is 0 Å². The molecular weight excluding hydrogens is 478 g/mol. The molecule has 0 aromatic carbocycles. The predicted octanol–water partition coefficient (Wildman–Crippen LogP) is 8.44. The fourth-order valence-electron chi connectivity index (χ4n) is 4.29. The Balaban J connectivity index is 3.98. The molecule has 0 saturated heterocycles. The van der Waals surface area contributed by atoms with Crippen LogP contribution < -0.4 is 5.32 Å². The van der Waals surface area contributed by atoms with Gasteiger partial charge < -0.3 is 15.2 Å². The Morgan fingerprint density at radius 1 is 0.684 bits per heavy atom. The lowest BCUT2D eigenvalue weighted by atomic mass is 10.0. The first-order valence-electron chi connectivity index (χ1n) is 15.5. The SMILES string of the molecule is CCCC/C=C\C/C=C\CCCCCCCC(=O)OC(CCCCCC)CCCCCC(=O)NCC(=O)O. The number of aliphatic carboxylic acids is 1. The second-order valence-corrected chi connectivity index (χ2v) is 10.4. The molecule has 0 rings (SSSR count). The zero-order chi connectivity index (χ0) is 28.1. The van der Waals surface area contributed by atoms with E-state index in [-0.39, 0.29) is 24.5 Å². The van der Waals surface area contributed by atoms with E-state index in [1.165, 1.54) is 57.8 Å². The van der Waals surface area contributed by atoms with Crippen molar-refractivity contribution in [3.8, 4) is 0 Å². The molecule has 1 atom stereocenters. The van der Waals surface area contributed by atoms with Crippen molar-refractivity contribution in [2.24, 2.45) is 0 Å². The third-order valence-electron chi connectivity index (χ3n) is 6.63. The minimum atomic E-state index is -1.03. The van der Waals surface area contributed by atoms with Gasteiger partial charge in [-0.2, -0.15) is 0 Å². The lowest BCUT2D eigenvalue weighted by molar-refractivity contribution is -0.150. The molecule has 0 saturated carbocycles. The van der Waals surface area contributed by atoms with Crippen LogP contribution in [0.25, 0.3) is 0 Å². The molecule has 2 N–H and O–H groups in total. The van der Waals surface area contributed by atoms with Gasteiger partial charge in [0.2, 0.25) is 5.91 Å². The van der Waals surface area contributed by atoms with Crippen molar-refractivity contribution < 1.29 is 24.2 Å². The summed E-state index contributed by atoms with van der Waals surface area (Å²) in [6, 6.07) is 0. The molecule has 0 spiro atoms. The molecule has 1 amide bonds. The van der Waals surface area contributed by atoms with Crippen molar-refractivity contribution in [2.45, 2.75) is 155 Å². The lowest BCUT2D eigenvalue weighted by Gasteiger charge is -2.18. The summed E-state index contributed by atoms with van der Waals surface area (Å²) in [4.78, 5) is 34.6.